The SMILES string of the molecule is Cc1c2ccccc2c(C(C)C)c2c1c1c3c(ccc4c5ccc(I)cc5n2c43)cc[n+]1C. The van der Waals surface area contributed by atoms with Gasteiger partial charge in [0.05, 0.1) is 27.3 Å². The number of hydrogen-bond donors (Lipinski definition) is 0. The van der Waals surface area contributed by atoms with Gasteiger partial charge < -0.3 is 4.40 Å². The smallest absolute Gasteiger partial charge is 0.224 e. The zero-order chi connectivity index (χ0) is 22.6. The third-order valence-corrected chi connectivity index (χ3v) is 8.19. The highest BCUT2D eigenvalue weighted by Gasteiger charge is 2.27. The van der Waals surface area contributed by atoms with E-state index in [2.05, 4.69) is 126 Å². The molecular weight excluding hydrogens is 515 g/mol. The van der Waals surface area contributed by atoms with Crippen LogP contribution in [0.25, 0.3) is 59.8 Å². The average molecular weight is 539 g/mol. The van der Waals surface area contributed by atoms with Crippen LogP contribution in [0.3, 0.4) is 0 Å². The molecule has 160 valence electrons. The van der Waals surface area contributed by atoms with E-state index in [-0.39, 0.29) is 0 Å². The van der Waals surface area contributed by atoms with E-state index in [1.54, 1.807) is 0 Å². The minimum Gasteiger partial charge on any atom is -0.307 e. The van der Waals surface area contributed by atoms with E-state index in [0.717, 1.165) is 0 Å². The van der Waals surface area contributed by atoms with Crippen LogP contribution >= 0.6 is 22.6 Å². The topological polar surface area (TPSA) is 8.29 Å². The highest BCUT2D eigenvalue weighted by Crippen LogP contribution is 2.45. The second kappa shape index (κ2) is 6.57. The van der Waals surface area contributed by atoms with Crippen LogP contribution in [0, 0.1) is 10.5 Å². The summed E-state index contributed by atoms with van der Waals surface area (Å²) in [5, 5.41) is 9.45. The number of aromatic nitrogens is 2. The van der Waals surface area contributed by atoms with Crippen molar-refractivity contribution in [3.63, 3.8) is 0 Å². The standard InChI is InChI=1S/C30H24IN2/c1-16(2)25-22-8-6-5-7-20(22)17(3)26-29-27-18(13-14-32(29)4)9-11-23-21-12-10-19(31)15-24(21)33(28(23)27)30(25)26/h5-16H,1-4H3/q+1. The van der Waals surface area contributed by atoms with Crippen LogP contribution in [0.4, 0.5) is 0 Å². The molecule has 0 saturated heterocycles. The maximum absolute atomic E-state index is 2.59. The van der Waals surface area contributed by atoms with Crippen molar-refractivity contribution in [2.75, 3.05) is 0 Å². The lowest BCUT2D eigenvalue weighted by Crippen LogP contribution is -2.29. The number of nitrogens with zero attached hydrogens (tertiary/aromatic N) is 2. The molecular formula is C30H24IN2+. The van der Waals surface area contributed by atoms with Crippen molar-refractivity contribution in [1.29, 1.82) is 0 Å². The van der Waals surface area contributed by atoms with Gasteiger partial charge in [0.2, 0.25) is 5.52 Å². The van der Waals surface area contributed by atoms with Gasteiger partial charge in [-0.25, -0.2) is 4.57 Å². The molecule has 0 atom stereocenters. The zero-order valence-corrected chi connectivity index (χ0v) is 21.4. The molecule has 4 aromatic carbocycles. The molecule has 7 aromatic rings. The molecule has 0 N–H and O–H groups in total. The molecule has 3 heterocycles. The van der Waals surface area contributed by atoms with Gasteiger partial charge in [0.25, 0.3) is 0 Å². The van der Waals surface area contributed by atoms with Crippen LogP contribution in [0.2, 0.25) is 0 Å². The summed E-state index contributed by atoms with van der Waals surface area (Å²) in [6.45, 7) is 6.99. The number of fused-ring (bicyclic) bond motifs is 7. The van der Waals surface area contributed by atoms with Crippen LogP contribution in [-0.4, -0.2) is 4.40 Å². The van der Waals surface area contributed by atoms with Gasteiger partial charge in [-0.05, 0) is 74.9 Å². The van der Waals surface area contributed by atoms with E-state index in [4.69, 9.17) is 0 Å². The predicted molar refractivity (Wildman–Crippen MR) is 149 cm³/mol. The normalized spacial score (nSPS) is 12.7. The molecule has 2 nitrogen and oxygen atoms in total. The Morgan fingerprint density at radius 2 is 1.58 bits per heavy atom. The first-order valence-electron chi connectivity index (χ1n) is 11.6. The summed E-state index contributed by atoms with van der Waals surface area (Å²) in [5.74, 6) is 0.398. The first-order valence-corrected chi connectivity index (χ1v) is 12.7. The Balaban J connectivity index is 2.01. The van der Waals surface area contributed by atoms with Crippen molar-refractivity contribution in [1.82, 2.24) is 4.40 Å². The summed E-state index contributed by atoms with van der Waals surface area (Å²) >= 11 is 2.45. The molecule has 0 aliphatic rings. The fraction of sp³-hybridized carbons (Fsp3) is 0.167. The van der Waals surface area contributed by atoms with Gasteiger partial charge in [0, 0.05) is 20.4 Å². The number of aryl methyl sites for hydroxylation is 2. The summed E-state index contributed by atoms with van der Waals surface area (Å²) in [6, 6.07) is 22.7. The lowest BCUT2D eigenvalue weighted by molar-refractivity contribution is -0.643. The lowest BCUT2D eigenvalue weighted by Gasteiger charge is -2.20. The Bertz CT molecular complexity index is 1920. The summed E-state index contributed by atoms with van der Waals surface area (Å²) in [4.78, 5) is 0. The molecule has 0 aliphatic carbocycles. The summed E-state index contributed by atoms with van der Waals surface area (Å²) in [5.41, 5.74) is 8.16. The molecule has 33 heavy (non-hydrogen) atoms. The van der Waals surface area contributed by atoms with Crippen molar-refractivity contribution in [2.45, 2.75) is 26.7 Å². The monoisotopic (exact) mass is 539 g/mol. The van der Waals surface area contributed by atoms with Crippen LogP contribution < -0.4 is 4.57 Å². The Morgan fingerprint density at radius 1 is 0.818 bits per heavy atom. The van der Waals surface area contributed by atoms with Gasteiger partial charge in [-0.3, -0.25) is 0 Å². The molecule has 0 unspecified atom stereocenters. The second-order valence-electron chi connectivity index (χ2n) is 9.66. The van der Waals surface area contributed by atoms with E-state index >= 15 is 0 Å². The van der Waals surface area contributed by atoms with Gasteiger partial charge >= 0.3 is 0 Å². The lowest BCUT2D eigenvalue weighted by atomic mass is 9.88. The Morgan fingerprint density at radius 3 is 2.36 bits per heavy atom. The predicted octanol–water partition coefficient (Wildman–Crippen LogP) is 8.00. The molecule has 0 spiro atoms. The summed E-state index contributed by atoms with van der Waals surface area (Å²) in [7, 11) is 2.20. The van der Waals surface area contributed by atoms with Crippen molar-refractivity contribution in [2.24, 2.45) is 7.05 Å². The van der Waals surface area contributed by atoms with Crippen LogP contribution in [0.5, 0.6) is 0 Å². The van der Waals surface area contributed by atoms with Gasteiger partial charge in [0.15, 0.2) is 6.20 Å². The Hall–Kier alpha value is -2.92. The van der Waals surface area contributed by atoms with E-state index < -0.39 is 0 Å². The van der Waals surface area contributed by atoms with E-state index in [1.165, 1.54) is 74.5 Å². The summed E-state index contributed by atoms with van der Waals surface area (Å²) < 4.78 is 6.19. The molecule has 0 bridgehead atoms. The quantitative estimate of drug-likeness (QED) is 0.0865. The minimum atomic E-state index is 0.398. The van der Waals surface area contributed by atoms with Crippen molar-refractivity contribution < 1.29 is 4.57 Å². The van der Waals surface area contributed by atoms with Crippen molar-refractivity contribution in [3.8, 4) is 0 Å². The van der Waals surface area contributed by atoms with Crippen LogP contribution in [-0.2, 0) is 7.05 Å². The highest BCUT2D eigenvalue weighted by atomic mass is 127. The number of halogens is 1. The third-order valence-electron chi connectivity index (χ3n) is 7.52. The fourth-order valence-corrected chi connectivity index (χ4v) is 6.66. The molecule has 3 heteroatoms. The average Bonchev–Trinajstić information content (AvgIpc) is 3.13. The van der Waals surface area contributed by atoms with Gasteiger partial charge in [-0.1, -0.05) is 56.3 Å². The van der Waals surface area contributed by atoms with Gasteiger partial charge in [0.1, 0.15) is 7.05 Å². The van der Waals surface area contributed by atoms with E-state index in [1.807, 2.05) is 0 Å². The number of rotatable bonds is 1. The fourth-order valence-electron chi connectivity index (χ4n) is 6.18. The first-order chi connectivity index (χ1) is 16.0. The maximum Gasteiger partial charge on any atom is 0.224 e. The Labute approximate surface area is 205 Å². The molecule has 0 aliphatic heterocycles. The minimum absolute atomic E-state index is 0.398. The molecule has 3 aromatic heterocycles. The van der Waals surface area contributed by atoms with Gasteiger partial charge in [-0.2, -0.15) is 0 Å². The Kier molecular flexibility index (Phi) is 3.89. The van der Waals surface area contributed by atoms with E-state index in [0.29, 0.717) is 5.92 Å². The molecule has 0 radical (unpaired) electrons. The molecule has 0 fully saturated rings. The summed E-state index contributed by atoms with van der Waals surface area (Å²) in [6.07, 6.45) is 2.22. The van der Waals surface area contributed by atoms with Crippen molar-refractivity contribution in [3.05, 3.63) is 81.6 Å². The second-order valence-corrected chi connectivity index (χ2v) is 10.9. The number of hydrogen-bond acceptors (Lipinski definition) is 0. The maximum atomic E-state index is 2.59. The van der Waals surface area contributed by atoms with Crippen LogP contribution in [0.1, 0.15) is 30.9 Å². The van der Waals surface area contributed by atoms with Gasteiger partial charge in [-0.15, -0.1) is 0 Å². The van der Waals surface area contributed by atoms with Crippen molar-refractivity contribution >= 4 is 82.4 Å². The third kappa shape index (κ3) is 2.36. The number of benzene rings is 4. The highest BCUT2D eigenvalue weighted by molar-refractivity contribution is 14.1. The molecule has 0 amide bonds. The van der Waals surface area contributed by atoms with E-state index in [9.17, 15) is 0 Å². The number of pyridine rings is 2. The molecule has 7 rings (SSSR count). The zero-order valence-electron chi connectivity index (χ0n) is 19.2. The van der Waals surface area contributed by atoms with Crippen LogP contribution in [0.15, 0.2) is 66.9 Å². The first kappa shape index (κ1) is 19.5. The largest absolute Gasteiger partial charge is 0.307 e. The molecule has 0 saturated carbocycles.